The van der Waals surface area contributed by atoms with Gasteiger partial charge in [-0.05, 0) is 37.5 Å². The van der Waals surface area contributed by atoms with Gasteiger partial charge >= 0.3 is 0 Å². The van der Waals surface area contributed by atoms with E-state index in [4.69, 9.17) is 5.73 Å². The number of imidazole rings is 1. The average Bonchev–Trinajstić information content (AvgIpc) is 2.63. The third-order valence-electron chi connectivity index (χ3n) is 3.68. The van der Waals surface area contributed by atoms with E-state index in [9.17, 15) is 8.42 Å². The van der Waals surface area contributed by atoms with Crippen LogP contribution in [0.5, 0.6) is 0 Å². The Morgan fingerprint density at radius 3 is 2.95 bits per heavy atom. The summed E-state index contributed by atoms with van der Waals surface area (Å²) in [5, 5.41) is 0. The molecule has 6 heteroatoms. The molecule has 0 saturated carbocycles. The first-order valence-corrected chi connectivity index (χ1v) is 8.23. The van der Waals surface area contributed by atoms with Crippen molar-refractivity contribution in [3.05, 3.63) is 23.8 Å². The Morgan fingerprint density at radius 2 is 2.21 bits per heavy atom. The van der Waals surface area contributed by atoms with Gasteiger partial charge in [-0.2, -0.15) is 0 Å². The standard InChI is InChI=1S/C13H17N3O2S/c1-9-4-5-11-12(7-9)16(13(14)15-11)10-3-2-6-19(17,18)8-10/h4-5,7,10H,2-3,6,8H2,1H3,(H2,14,15). The number of nitrogens with zero attached hydrogens (tertiary/aromatic N) is 2. The van der Waals surface area contributed by atoms with Gasteiger partial charge in [-0.15, -0.1) is 0 Å². The molecule has 2 N–H and O–H groups in total. The van der Waals surface area contributed by atoms with Crippen LogP contribution < -0.4 is 5.73 Å². The van der Waals surface area contributed by atoms with Crippen molar-refractivity contribution in [1.29, 1.82) is 0 Å². The summed E-state index contributed by atoms with van der Waals surface area (Å²) >= 11 is 0. The Morgan fingerprint density at radius 1 is 1.42 bits per heavy atom. The third-order valence-corrected chi connectivity index (χ3v) is 5.48. The number of aryl methyl sites for hydroxylation is 1. The maximum atomic E-state index is 11.8. The molecule has 5 nitrogen and oxygen atoms in total. The Labute approximate surface area is 112 Å². The van der Waals surface area contributed by atoms with E-state index in [1.54, 1.807) is 0 Å². The van der Waals surface area contributed by atoms with Gasteiger partial charge in [0.15, 0.2) is 9.84 Å². The number of sulfone groups is 1. The molecule has 1 aromatic heterocycles. The average molecular weight is 279 g/mol. The summed E-state index contributed by atoms with van der Waals surface area (Å²) in [5.74, 6) is 0.855. The van der Waals surface area contributed by atoms with Crippen molar-refractivity contribution in [2.75, 3.05) is 17.2 Å². The van der Waals surface area contributed by atoms with E-state index in [1.165, 1.54) is 0 Å². The lowest BCUT2D eigenvalue weighted by Crippen LogP contribution is -2.28. The summed E-state index contributed by atoms with van der Waals surface area (Å²) < 4.78 is 25.5. The van der Waals surface area contributed by atoms with E-state index in [0.29, 0.717) is 12.4 Å². The minimum Gasteiger partial charge on any atom is -0.369 e. The fourth-order valence-electron chi connectivity index (χ4n) is 2.81. The third kappa shape index (κ3) is 2.20. The van der Waals surface area contributed by atoms with Gasteiger partial charge in [0.1, 0.15) is 0 Å². The summed E-state index contributed by atoms with van der Waals surface area (Å²) in [6.07, 6.45) is 1.53. The highest BCUT2D eigenvalue weighted by molar-refractivity contribution is 7.91. The summed E-state index contributed by atoms with van der Waals surface area (Å²) in [6.45, 7) is 2.00. The summed E-state index contributed by atoms with van der Waals surface area (Å²) in [4.78, 5) is 4.32. The van der Waals surface area contributed by atoms with E-state index in [0.717, 1.165) is 23.0 Å². The molecular formula is C13H17N3O2S. The second kappa shape index (κ2) is 4.23. The highest BCUT2D eigenvalue weighted by Gasteiger charge is 2.28. The van der Waals surface area contributed by atoms with Crippen molar-refractivity contribution in [1.82, 2.24) is 9.55 Å². The van der Waals surface area contributed by atoms with Crippen LogP contribution >= 0.6 is 0 Å². The van der Waals surface area contributed by atoms with Crippen LogP contribution in [0, 0.1) is 6.92 Å². The molecular weight excluding hydrogens is 262 g/mol. The van der Waals surface area contributed by atoms with Crippen molar-refractivity contribution >= 4 is 26.8 Å². The highest BCUT2D eigenvalue weighted by Crippen LogP contribution is 2.30. The van der Waals surface area contributed by atoms with Gasteiger partial charge in [-0.1, -0.05) is 6.07 Å². The quantitative estimate of drug-likeness (QED) is 0.861. The van der Waals surface area contributed by atoms with E-state index in [2.05, 4.69) is 4.98 Å². The number of nitrogen functional groups attached to an aromatic ring is 1. The topological polar surface area (TPSA) is 78.0 Å². The number of benzene rings is 1. The molecule has 1 fully saturated rings. The lowest BCUT2D eigenvalue weighted by molar-refractivity contribution is 0.483. The predicted octanol–water partition coefficient (Wildman–Crippen LogP) is 1.68. The van der Waals surface area contributed by atoms with Crippen LogP contribution in [0.3, 0.4) is 0 Å². The normalized spacial score (nSPS) is 22.7. The van der Waals surface area contributed by atoms with Crippen LogP contribution in [0.2, 0.25) is 0 Å². The molecule has 0 aliphatic carbocycles. The zero-order valence-electron chi connectivity index (χ0n) is 10.8. The van der Waals surface area contributed by atoms with Gasteiger partial charge in [0, 0.05) is 0 Å². The molecule has 0 spiro atoms. The molecule has 1 saturated heterocycles. The zero-order chi connectivity index (χ0) is 13.6. The SMILES string of the molecule is Cc1ccc2nc(N)n(C3CCCS(=O)(=O)C3)c2c1. The number of fused-ring (bicyclic) bond motifs is 1. The number of hydrogen-bond donors (Lipinski definition) is 1. The fourth-order valence-corrected chi connectivity index (χ4v) is 4.48. The monoisotopic (exact) mass is 279 g/mol. The van der Waals surface area contributed by atoms with Gasteiger partial charge in [-0.3, -0.25) is 0 Å². The predicted molar refractivity (Wildman–Crippen MR) is 75.8 cm³/mol. The Hall–Kier alpha value is -1.56. The van der Waals surface area contributed by atoms with Crippen LogP contribution in [-0.2, 0) is 9.84 Å². The largest absolute Gasteiger partial charge is 0.369 e. The van der Waals surface area contributed by atoms with Gasteiger partial charge < -0.3 is 10.3 Å². The molecule has 1 aromatic carbocycles. The molecule has 2 heterocycles. The van der Waals surface area contributed by atoms with Crippen molar-refractivity contribution in [2.45, 2.75) is 25.8 Å². The molecule has 0 amide bonds. The first-order valence-electron chi connectivity index (χ1n) is 6.41. The summed E-state index contributed by atoms with van der Waals surface area (Å²) in [5.41, 5.74) is 8.85. The molecule has 1 aliphatic heterocycles. The molecule has 19 heavy (non-hydrogen) atoms. The van der Waals surface area contributed by atoms with Crippen LogP contribution in [0.25, 0.3) is 11.0 Å². The van der Waals surface area contributed by atoms with Crippen molar-refractivity contribution in [3.8, 4) is 0 Å². The molecule has 102 valence electrons. The van der Waals surface area contributed by atoms with Crippen molar-refractivity contribution in [3.63, 3.8) is 0 Å². The van der Waals surface area contributed by atoms with Crippen molar-refractivity contribution in [2.24, 2.45) is 0 Å². The molecule has 2 aromatic rings. The van der Waals surface area contributed by atoms with Crippen LogP contribution in [0.4, 0.5) is 5.95 Å². The Balaban J connectivity index is 2.14. The number of hydrogen-bond acceptors (Lipinski definition) is 4. The molecule has 0 bridgehead atoms. The first kappa shape index (κ1) is 12.5. The van der Waals surface area contributed by atoms with Crippen LogP contribution in [0.1, 0.15) is 24.4 Å². The van der Waals surface area contributed by atoms with E-state index in [1.807, 2.05) is 29.7 Å². The Kier molecular flexibility index (Phi) is 2.78. The zero-order valence-corrected chi connectivity index (χ0v) is 11.7. The summed E-state index contributed by atoms with van der Waals surface area (Å²) in [7, 11) is -2.96. The van der Waals surface area contributed by atoms with E-state index < -0.39 is 9.84 Å². The second-order valence-corrected chi connectivity index (χ2v) is 7.47. The number of aromatic nitrogens is 2. The number of nitrogens with two attached hydrogens (primary N) is 1. The number of rotatable bonds is 1. The first-order chi connectivity index (χ1) is 8.96. The van der Waals surface area contributed by atoms with Crippen molar-refractivity contribution < 1.29 is 8.42 Å². The second-order valence-electron chi connectivity index (χ2n) is 5.24. The van der Waals surface area contributed by atoms with Crippen LogP contribution in [0.15, 0.2) is 18.2 Å². The number of anilines is 1. The maximum absolute atomic E-state index is 11.8. The summed E-state index contributed by atoms with van der Waals surface area (Å²) in [6, 6.07) is 5.83. The molecule has 3 rings (SSSR count). The molecule has 0 radical (unpaired) electrons. The maximum Gasteiger partial charge on any atom is 0.201 e. The van der Waals surface area contributed by atoms with Gasteiger partial charge in [0.2, 0.25) is 5.95 Å². The lowest BCUT2D eigenvalue weighted by atomic mass is 10.1. The highest BCUT2D eigenvalue weighted by atomic mass is 32.2. The van der Waals surface area contributed by atoms with E-state index in [-0.39, 0.29) is 17.5 Å². The molecule has 1 aliphatic rings. The smallest absolute Gasteiger partial charge is 0.201 e. The van der Waals surface area contributed by atoms with E-state index >= 15 is 0 Å². The fraction of sp³-hybridized carbons (Fsp3) is 0.462. The molecule has 1 unspecified atom stereocenters. The lowest BCUT2D eigenvalue weighted by Gasteiger charge is -2.24. The van der Waals surface area contributed by atoms with Crippen LogP contribution in [-0.4, -0.2) is 29.5 Å². The minimum absolute atomic E-state index is 0.0921. The van der Waals surface area contributed by atoms with Gasteiger partial charge in [0.05, 0.1) is 28.6 Å². The van der Waals surface area contributed by atoms with Gasteiger partial charge in [0.25, 0.3) is 0 Å². The Bertz CT molecular complexity index is 734. The van der Waals surface area contributed by atoms with Gasteiger partial charge in [-0.25, -0.2) is 13.4 Å². The molecule has 1 atom stereocenters. The minimum atomic E-state index is -2.96.